The van der Waals surface area contributed by atoms with E-state index in [1.807, 2.05) is 0 Å². The molecule has 1 aromatic rings. The Kier molecular flexibility index (Phi) is 3.32. The second-order valence-corrected chi connectivity index (χ2v) is 3.24. The molecule has 1 aromatic carbocycles. The Labute approximate surface area is 74.6 Å². The third-order valence-corrected chi connectivity index (χ3v) is 2.40. The van der Waals surface area contributed by atoms with Crippen LogP contribution in [0.1, 0.15) is 0 Å². The first-order chi connectivity index (χ1) is 5.24. The van der Waals surface area contributed by atoms with Crippen molar-refractivity contribution in [2.24, 2.45) is 0 Å². The monoisotopic (exact) mass is 186 g/mol. The first-order valence-electron chi connectivity index (χ1n) is 3.01. The highest BCUT2D eigenvalue weighted by molar-refractivity contribution is 8.68. The molecule has 2 N–H and O–H groups in total. The van der Waals surface area contributed by atoms with Crippen molar-refractivity contribution in [3.05, 3.63) is 24.3 Å². The Morgan fingerprint density at radius 3 is 2.09 bits per heavy atom. The van der Waals surface area contributed by atoms with Crippen molar-refractivity contribution in [3.8, 4) is 0 Å². The Morgan fingerprint density at radius 1 is 1.18 bits per heavy atom. The average Bonchev–Trinajstić information content (AvgIpc) is 2.05. The molecule has 0 heterocycles. The van der Waals surface area contributed by atoms with Crippen molar-refractivity contribution in [2.75, 3.05) is 0 Å². The summed E-state index contributed by atoms with van der Waals surface area (Å²) in [5, 5.41) is 17.4. The van der Waals surface area contributed by atoms with Gasteiger partial charge in [0.25, 0.3) is 0 Å². The third-order valence-electron chi connectivity index (χ3n) is 1.28. The fourth-order valence-electron chi connectivity index (χ4n) is 0.701. The average molecular weight is 186 g/mol. The van der Waals surface area contributed by atoms with E-state index in [-0.39, 0.29) is 0 Å². The van der Waals surface area contributed by atoms with E-state index >= 15 is 0 Å². The molecule has 0 spiro atoms. The highest BCUT2D eigenvalue weighted by Gasteiger charge is 2.08. The summed E-state index contributed by atoms with van der Waals surface area (Å²) in [6.07, 6.45) is 0. The van der Waals surface area contributed by atoms with Crippen LogP contribution in [0.2, 0.25) is 0 Å². The molecular weight excluding hydrogens is 179 g/mol. The van der Waals surface area contributed by atoms with Gasteiger partial charge >= 0.3 is 7.12 Å². The predicted octanol–water partition coefficient (Wildman–Crippen LogP) is 0.303. The van der Waals surface area contributed by atoms with E-state index < -0.39 is 7.12 Å². The third kappa shape index (κ3) is 2.45. The highest BCUT2D eigenvalue weighted by Crippen LogP contribution is 2.19. The minimum Gasteiger partial charge on any atom is -0.423 e. The van der Waals surface area contributed by atoms with Gasteiger partial charge in [-0.25, -0.2) is 0 Å². The predicted molar refractivity (Wildman–Crippen MR) is 51.1 cm³/mol. The van der Waals surface area contributed by atoms with Gasteiger partial charge in [-0.05, 0) is 17.6 Å². The maximum atomic E-state index is 8.72. The molecule has 0 amide bonds. The molecule has 0 aliphatic heterocycles. The van der Waals surface area contributed by atoms with Crippen molar-refractivity contribution >= 4 is 35.0 Å². The summed E-state index contributed by atoms with van der Waals surface area (Å²) in [5.41, 5.74) is 0.496. The summed E-state index contributed by atoms with van der Waals surface area (Å²) in [4.78, 5) is 0.984. The maximum absolute atomic E-state index is 8.72. The zero-order valence-electron chi connectivity index (χ0n) is 5.64. The summed E-state index contributed by atoms with van der Waals surface area (Å²) in [6.45, 7) is 0. The van der Waals surface area contributed by atoms with Gasteiger partial charge in [-0.15, -0.1) is 11.7 Å². The first-order valence-corrected chi connectivity index (χ1v) is 4.88. The van der Waals surface area contributed by atoms with Crippen molar-refractivity contribution < 1.29 is 10.0 Å². The molecule has 0 unspecified atom stereocenters. The lowest BCUT2D eigenvalue weighted by atomic mass is 9.81. The van der Waals surface area contributed by atoms with Crippen LogP contribution in [0.4, 0.5) is 0 Å². The smallest absolute Gasteiger partial charge is 0.423 e. The minimum absolute atomic E-state index is 0.496. The molecule has 0 radical (unpaired) electrons. The molecule has 0 aromatic heterocycles. The van der Waals surface area contributed by atoms with E-state index in [1.165, 1.54) is 10.8 Å². The Balaban J connectivity index is 2.83. The molecule has 0 fully saturated rings. The molecular formula is C6H7BO2S2. The van der Waals surface area contributed by atoms with Gasteiger partial charge in [-0.3, -0.25) is 0 Å². The zero-order chi connectivity index (χ0) is 8.27. The van der Waals surface area contributed by atoms with Gasteiger partial charge in [0.1, 0.15) is 0 Å². The Hall–Kier alpha value is -0.0951. The Bertz CT molecular complexity index is 225. The number of hydrogen-bond acceptors (Lipinski definition) is 4. The quantitative estimate of drug-likeness (QED) is 0.353. The lowest BCUT2D eigenvalue weighted by molar-refractivity contribution is 0.426. The second-order valence-electron chi connectivity index (χ2n) is 2.03. The van der Waals surface area contributed by atoms with Gasteiger partial charge in [0.05, 0.1) is 0 Å². The Morgan fingerprint density at radius 2 is 1.73 bits per heavy atom. The van der Waals surface area contributed by atoms with Crippen molar-refractivity contribution in [1.82, 2.24) is 0 Å². The molecule has 0 saturated carbocycles. The molecule has 0 aliphatic rings. The topological polar surface area (TPSA) is 40.5 Å². The van der Waals surface area contributed by atoms with Crippen molar-refractivity contribution in [1.29, 1.82) is 0 Å². The van der Waals surface area contributed by atoms with E-state index in [0.717, 1.165) is 4.90 Å². The molecule has 0 bridgehead atoms. The summed E-state index contributed by atoms with van der Waals surface area (Å²) in [6, 6.07) is 6.88. The van der Waals surface area contributed by atoms with E-state index in [0.29, 0.717) is 5.46 Å². The molecule has 1 rings (SSSR count). The number of thiol groups is 1. The van der Waals surface area contributed by atoms with E-state index in [1.54, 1.807) is 24.3 Å². The van der Waals surface area contributed by atoms with Gasteiger partial charge < -0.3 is 10.0 Å². The number of hydrogen-bond donors (Lipinski definition) is 3. The molecule has 5 heteroatoms. The van der Waals surface area contributed by atoms with Crippen LogP contribution in [0.5, 0.6) is 0 Å². The lowest BCUT2D eigenvalue weighted by Gasteiger charge is -1.98. The van der Waals surface area contributed by atoms with Crippen LogP contribution in [-0.2, 0) is 0 Å². The fourth-order valence-corrected chi connectivity index (χ4v) is 1.32. The van der Waals surface area contributed by atoms with Crippen LogP contribution < -0.4 is 5.46 Å². The van der Waals surface area contributed by atoms with Gasteiger partial charge in [-0.1, -0.05) is 22.9 Å². The van der Waals surface area contributed by atoms with Gasteiger partial charge in [0, 0.05) is 4.90 Å². The molecule has 0 atom stereocenters. The van der Waals surface area contributed by atoms with Crippen LogP contribution in [0.15, 0.2) is 29.2 Å². The van der Waals surface area contributed by atoms with Crippen LogP contribution in [-0.4, -0.2) is 17.2 Å². The number of benzene rings is 1. The zero-order valence-corrected chi connectivity index (χ0v) is 7.35. The lowest BCUT2D eigenvalue weighted by Crippen LogP contribution is -2.29. The van der Waals surface area contributed by atoms with Crippen LogP contribution in [0, 0.1) is 0 Å². The van der Waals surface area contributed by atoms with Crippen molar-refractivity contribution in [2.45, 2.75) is 4.90 Å². The van der Waals surface area contributed by atoms with Crippen LogP contribution in [0.3, 0.4) is 0 Å². The summed E-state index contributed by atoms with van der Waals surface area (Å²) >= 11 is 3.99. The van der Waals surface area contributed by atoms with Crippen molar-refractivity contribution in [3.63, 3.8) is 0 Å². The first kappa shape index (κ1) is 9.00. The highest BCUT2D eigenvalue weighted by atomic mass is 33.1. The van der Waals surface area contributed by atoms with E-state index in [9.17, 15) is 0 Å². The molecule has 58 valence electrons. The van der Waals surface area contributed by atoms with E-state index in [2.05, 4.69) is 11.7 Å². The largest absolute Gasteiger partial charge is 0.488 e. The summed E-state index contributed by atoms with van der Waals surface area (Å²) in [5.74, 6) is 0. The van der Waals surface area contributed by atoms with E-state index in [4.69, 9.17) is 10.0 Å². The minimum atomic E-state index is -1.38. The SMILES string of the molecule is OB(O)c1ccc(SS)cc1. The normalized spacial score (nSPS) is 9.73. The van der Waals surface area contributed by atoms with Crippen LogP contribution >= 0.6 is 22.5 Å². The van der Waals surface area contributed by atoms with Gasteiger partial charge in [-0.2, -0.15) is 0 Å². The van der Waals surface area contributed by atoms with Gasteiger partial charge in [0.15, 0.2) is 0 Å². The molecule has 0 aliphatic carbocycles. The molecule has 0 saturated heterocycles. The molecule has 11 heavy (non-hydrogen) atoms. The van der Waals surface area contributed by atoms with Crippen LogP contribution in [0.25, 0.3) is 0 Å². The summed E-state index contributed by atoms with van der Waals surface area (Å²) < 4.78 is 0. The fraction of sp³-hybridized carbons (Fsp3) is 0. The second kappa shape index (κ2) is 4.06. The van der Waals surface area contributed by atoms with Gasteiger partial charge in [0.2, 0.25) is 0 Å². The number of rotatable bonds is 2. The molecule has 2 nitrogen and oxygen atoms in total. The summed E-state index contributed by atoms with van der Waals surface area (Å²) in [7, 11) is -0.0602. The standard InChI is InChI=1S/C6H7BO2S2/c8-7(9)5-1-3-6(11-10)4-2-5/h1-4,8-10H. The maximum Gasteiger partial charge on any atom is 0.488 e.